The van der Waals surface area contributed by atoms with Gasteiger partial charge in [-0.15, -0.1) is 0 Å². The largest absolute Gasteiger partial charge is 0.396 e. The number of ether oxygens (including phenoxy) is 10. The molecule has 26 N–H and O–H groups in total. The van der Waals surface area contributed by atoms with Gasteiger partial charge in [0, 0.05) is 25.2 Å². The number of hydrogen-bond acceptors (Lipinski definition) is 36. The zero-order valence-corrected chi connectivity index (χ0v) is 54.4. The van der Waals surface area contributed by atoms with E-state index >= 15 is 0 Å². The predicted octanol–water partition coefficient (Wildman–Crippen LogP) is -11.2. The molecule has 38 unspecified atom stereocenters. The maximum atomic E-state index is 11.1. The molecule has 36 nitrogen and oxygen atoms in total. The molecule has 7 rings (SSSR count). The van der Waals surface area contributed by atoms with Crippen LogP contribution in [-0.2, 0) is 47.4 Å². The number of unbranched alkanes of at least 4 members (excludes halogenated alkanes) is 5. The van der Waals surface area contributed by atoms with Crippen molar-refractivity contribution in [3.05, 3.63) is 11.6 Å². The van der Waals surface area contributed by atoms with Crippen molar-refractivity contribution in [1.29, 1.82) is 0 Å². The Morgan fingerprint density at radius 1 is 0.438 bits per heavy atom. The molecule has 0 amide bonds. The molecule has 5 aliphatic heterocycles. The Morgan fingerprint density at radius 2 is 0.865 bits per heavy atom. The quantitative estimate of drug-likeness (QED) is 0.0235. The third-order valence-corrected chi connectivity index (χ3v) is 19.2. The average Bonchev–Trinajstić information content (AvgIpc) is 0.789. The molecular weight excluding hydrogens is 1290 g/mol. The van der Waals surface area contributed by atoms with E-state index in [-0.39, 0.29) is 19.4 Å². The lowest BCUT2D eigenvalue weighted by atomic mass is 9.79. The van der Waals surface area contributed by atoms with Crippen molar-refractivity contribution in [1.82, 2.24) is 10.6 Å². The Labute approximate surface area is 555 Å². The number of aliphatic hydroxyl groups is 24. The predicted molar refractivity (Wildman–Crippen MR) is 321 cm³/mol. The second kappa shape index (κ2) is 38.7. The fourth-order valence-electron chi connectivity index (χ4n) is 13.0. The molecule has 2 aliphatic carbocycles. The molecule has 5 saturated heterocycles. The summed E-state index contributed by atoms with van der Waals surface area (Å²) in [6.45, 7) is 5.32. The zero-order chi connectivity index (χ0) is 71.3. The molecule has 36 heteroatoms. The van der Waals surface area contributed by atoms with Crippen molar-refractivity contribution in [3.63, 3.8) is 0 Å². The van der Waals surface area contributed by atoms with Crippen LogP contribution in [0.15, 0.2) is 11.6 Å². The van der Waals surface area contributed by atoms with Crippen LogP contribution in [0.25, 0.3) is 0 Å². The molecule has 564 valence electrons. The summed E-state index contributed by atoms with van der Waals surface area (Å²) in [5.41, 5.74) is 0.476. The second-order valence-electron chi connectivity index (χ2n) is 26.0. The maximum Gasteiger partial charge on any atom is 0.187 e. The van der Waals surface area contributed by atoms with Crippen LogP contribution in [0.5, 0.6) is 0 Å². The van der Waals surface area contributed by atoms with Crippen molar-refractivity contribution in [2.75, 3.05) is 39.6 Å². The molecule has 38 atom stereocenters. The molecule has 0 radical (unpaired) electrons. The lowest BCUT2D eigenvalue weighted by Gasteiger charge is -2.49. The van der Waals surface area contributed by atoms with Crippen LogP contribution >= 0.6 is 0 Å². The van der Waals surface area contributed by atoms with Gasteiger partial charge in [0.2, 0.25) is 0 Å². The first-order chi connectivity index (χ1) is 45.5. The molecule has 96 heavy (non-hydrogen) atoms. The third kappa shape index (κ3) is 20.0. The Hall–Kier alpha value is -1.70. The summed E-state index contributed by atoms with van der Waals surface area (Å²) >= 11 is 0. The summed E-state index contributed by atoms with van der Waals surface area (Å²) in [6, 6.07) is -3.85. The first-order valence-corrected chi connectivity index (χ1v) is 33.2. The average molecular weight is 1400 g/mol. The fourth-order valence-corrected chi connectivity index (χ4v) is 13.0. The van der Waals surface area contributed by atoms with Crippen molar-refractivity contribution in [2.45, 2.75) is 319 Å². The highest BCUT2D eigenvalue weighted by atomic mass is 16.8. The van der Waals surface area contributed by atoms with Crippen LogP contribution in [0.3, 0.4) is 0 Å². The van der Waals surface area contributed by atoms with E-state index in [4.69, 9.17) is 47.4 Å². The van der Waals surface area contributed by atoms with Gasteiger partial charge in [-0.05, 0) is 45.1 Å². The highest BCUT2D eigenvalue weighted by Gasteiger charge is 2.56. The van der Waals surface area contributed by atoms with E-state index in [0.29, 0.717) is 18.4 Å². The zero-order valence-electron chi connectivity index (χ0n) is 54.4. The minimum Gasteiger partial charge on any atom is -0.396 e. The van der Waals surface area contributed by atoms with Crippen molar-refractivity contribution in [3.8, 4) is 0 Å². The van der Waals surface area contributed by atoms with Crippen LogP contribution < -0.4 is 10.6 Å². The van der Waals surface area contributed by atoms with Crippen LogP contribution in [0, 0.1) is 5.92 Å². The number of hydrogen-bond donors (Lipinski definition) is 26. The fraction of sp³-hybridized carbons (Fsp3) is 0.967. The molecule has 6 fully saturated rings. The standard InChI is InChI=1S/C34H61NO17.C26H49NO17/c1-4-6-7-8-9-10-11-47-32-28(45)25(42)30(18(13-36)49-32)52-34-29(46)26(43)31(19(14-37)50-34)51-33-27(44)23(40)20(15(3)48-33)35-17-12-16(5-2)21(38)24(41)22(17)39;1-3-11(30)17(34)18(35)12(31)7-41-25-23(40)21(38)24(13(6-29)43-25)44-26-22(39)19(36)14(8(2)42-26)27-10-4-9(5-28)15(32)20(37)16(10)33/h12,15,17-46H,4-11,13-14H2,1-3H3;8-40H,3-7H2,1-2H3. The minimum absolute atomic E-state index is 0.0318. The van der Waals surface area contributed by atoms with E-state index in [1.165, 1.54) is 13.8 Å². The number of rotatable bonds is 30. The Morgan fingerprint density at radius 3 is 1.33 bits per heavy atom. The minimum atomic E-state index is -1.88. The van der Waals surface area contributed by atoms with Crippen LogP contribution in [0.1, 0.15) is 92.4 Å². The van der Waals surface area contributed by atoms with Gasteiger partial charge in [-0.2, -0.15) is 0 Å². The molecule has 0 spiro atoms. The van der Waals surface area contributed by atoms with Crippen molar-refractivity contribution in [2.24, 2.45) is 5.92 Å². The lowest BCUT2D eigenvalue weighted by molar-refractivity contribution is -0.376. The second-order valence-corrected chi connectivity index (χ2v) is 26.0. The van der Waals surface area contributed by atoms with Gasteiger partial charge < -0.3 is 181 Å². The first kappa shape index (κ1) is 83.2. The van der Waals surface area contributed by atoms with Crippen LogP contribution in [-0.4, -0.2) is 389 Å². The van der Waals surface area contributed by atoms with Gasteiger partial charge in [0.15, 0.2) is 31.5 Å². The van der Waals surface area contributed by atoms with Gasteiger partial charge in [0.05, 0.1) is 75.1 Å². The lowest BCUT2D eigenvalue weighted by Crippen LogP contribution is -2.69. The van der Waals surface area contributed by atoms with E-state index < -0.39 is 265 Å². The number of nitrogens with one attached hydrogen (secondary N) is 2. The van der Waals surface area contributed by atoms with Gasteiger partial charge in [-0.1, -0.05) is 59.0 Å². The monoisotopic (exact) mass is 1400 g/mol. The first-order valence-electron chi connectivity index (χ1n) is 33.2. The van der Waals surface area contributed by atoms with Crippen LogP contribution in [0.4, 0.5) is 0 Å². The number of aliphatic hydroxyl groups excluding tert-OH is 24. The van der Waals surface area contributed by atoms with E-state index in [2.05, 4.69) is 17.6 Å². The maximum absolute atomic E-state index is 11.1. The molecule has 0 aromatic heterocycles. The van der Waals surface area contributed by atoms with Crippen molar-refractivity contribution >= 4 is 0 Å². The van der Waals surface area contributed by atoms with E-state index in [9.17, 15) is 123 Å². The van der Waals surface area contributed by atoms with Gasteiger partial charge in [0.25, 0.3) is 0 Å². The molecule has 0 bridgehead atoms. The van der Waals surface area contributed by atoms with E-state index in [1.807, 2.05) is 0 Å². The highest BCUT2D eigenvalue weighted by molar-refractivity contribution is 5.22. The molecular formula is C60H110N2O34. The summed E-state index contributed by atoms with van der Waals surface area (Å²) in [5, 5.41) is 256. The molecule has 0 aromatic carbocycles. The van der Waals surface area contributed by atoms with Crippen LogP contribution in [0.2, 0.25) is 0 Å². The van der Waals surface area contributed by atoms with Crippen molar-refractivity contribution < 1.29 is 170 Å². The summed E-state index contributed by atoms with van der Waals surface area (Å²) < 4.78 is 56.5. The molecule has 5 heterocycles. The van der Waals surface area contributed by atoms with Gasteiger partial charge in [-0.25, -0.2) is 0 Å². The highest BCUT2D eigenvalue weighted by Crippen LogP contribution is 2.36. The Bertz CT molecular complexity index is 2240. The summed E-state index contributed by atoms with van der Waals surface area (Å²) in [4.78, 5) is 0. The summed E-state index contributed by atoms with van der Waals surface area (Å²) in [6.07, 6.45) is -42.6. The van der Waals surface area contributed by atoms with E-state index in [0.717, 1.165) is 32.1 Å². The molecule has 1 saturated carbocycles. The molecule has 7 aliphatic rings. The Balaban J connectivity index is 0.000000308. The normalized spacial score (nSPS) is 46.1. The SMILES string of the molecule is CCC(O)C(O)C(O)C(O)COC1OC(CO)C(OC2OC(C)C(NC3CC(CO)C(O)C(O)C3O)C(O)C2O)C(O)C1O.CCCCCCCCOC1OC(CO)C(OC2OC(CO)C(OC3OC(C)C(NC4C=C(CC)C(O)C(O)C4O)C(O)C3O)C(O)C2O)C(O)C1O. The van der Waals surface area contributed by atoms with Gasteiger partial charge in [0.1, 0.15) is 140 Å². The summed E-state index contributed by atoms with van der Waals surface area (Å²) in [5.74, 6) is -0.764. The Kier molecular flexibility index (Phi) is 33.6. The van der Waals surface area contributed by atoms with Gasteiger partial charge in [-0.3, -0.25) is 0 Å². The topological polar surface area (TPSA) is 602 Å². The molecule has 0 aromatic rings. The summed E-state index contributed by atoms with van der Waals surface area (Å²) in [7, 11) is 0. The smallest absolute Gasteiger partial charge is 0.187 e. The van der Waals surface area contributed by atoms with E-state index in [1.54, 1.807) is 19.9 Å². The third-order valence-electron chi connectivity index (χ3n) is 19.2. The van der Waals surface area contributed by atoms with Gasteiger partial charge >= 0.3 is 0 Å².